The summed E-state index contributed by atoms with van der Waals surface area (Å²) in [6.07, 6.45) is -0.153. The molecule has 0 saturated carbocycles. The van der Waals surface area contributed by atoms with Crippen molar-refractivity contribution in [1.29, 1.82) is 0 Å². The first kappa shape index (κ1) is 6.05. The van der Waals surface area contributed by atoms with Crippen LogP contribution in [0.2, 0.25) is 0 Å². The molecule has 2 nitrogen and oxygen atoms in total. The number of nitrogens with zero attached hydrogens (tertiary/aromatic N) is 1. The Balaban J connectivity index is 2.05. The van der Waals surface area contributed by atoms with E-state index < -0.39 is 0 Å². The predicted molar refractivity (Wildman–Crippen MR) is 32.7 cm³/mol. The van der Waals surface area contributed by atoms with E-state index in [0.29, 0.717) is 0 Å². The lowest BCUT2D eigenvalue weighted by Crippen LogP contribution is -2.15. The van der Waals surface area contributed by atoms with Crippen molar-refractivity contribution in [3.63, 3.8) is 0 Å². The fourth-order valence-corrected chi connectivity index (χ4v) is 0.886. The van der Waals surface area contributed by atoms with Gasteiger partial charge in [0, 0.05) is 19.1 Å². The van der Waals surface area contributed by atoms with Gasteiger partial charge in [0.15, 0.2) is 0 Å². The molecule has 48 valence electrons. The molecule has 8 heavy (non-hydrogen) atoms. The van der Waals surface area contributed by atoms with Crippen LogP contribution in [0, 0.1) is 0 Å². The highest BCUT2D eigenvalue weighted by molar-refractivity contribution is 4.85. The predicted octanol–water partition coefficient (Wildman–Crippen LogP) is 0.0713. The van der Waals surface area contributed by atoms with Crippen LogP contribution >= 0.6 is 0 Å². The van der Waals surface area contributed by atoms with Gasteiger partial charge in [-0.1, -0.05) is 0 Å². The molecule has 0 bridgehead atoms. The molecule has 0 aromatic rings. The molecule has 1 rings (SSSR count). The number of rotatable bonds is 2. The second-order valence-electron chi connectivity index (χ2n) is 2.65. The van der Waals surface area contributed by atoms with Gasteiger partial charge in [-0.05, 0) is 13.8 Å². The van der Waals surface area contributed by atoms with E-state index in [1.165, 1.54) is 6.54 Å². The van der Waals surface area contributed by atoms with E-state index in [9.17, 15) is 0 Å². The van der Waals surface area contributed by atoms with Crippen molar-refractivity contribution in [2.45, 2.75) is 26.0 Å². The van der Waals surface area contributed by atoms with Crippen molar-refractivity contribution in [3.05, 3.63) is 0 Å². The van der Waals surface area contributed by atoms with Gasteiger partial charge in [-0.15, -0.1) is 0 Å². The Bertz CT molecular complexity index is 82.6. The SMILES string of the molecule is C[C@@H]1CN1C[C@@H](C)O. The van der Waals surface area contributed by atoms with Crippen LogP contribution in [0.1, 0.15) is 13.8 Å². The highest BCUT2D eigenvalue weighted by Gasteiger charge is 2.28. The summed E-state index contributed by atoms with van der Waals surface area (Å²) in [6.45, 7) is 6.01. The Kier molecular flexibility index (Phi) is 1.54. The molecule has 0 amide bonds. The van der Waals surface area contributed by atoms with E-state index in [-0.39, 0.29) is 6.10 Å². The molecule has 0 aromatic heterocycles. The molecular weight excluding hydrogens is 102 g/mol. The minimum Gasteiger partial charge on any atom is -0.392 e. The highest BCUT2D eigenvalue weighted by atomic mass is 16.3. The number of aliphatic hydroxyl groups is 1. The Morgan fingerprint density at radius 2 is 2.38 bits per heavy atom. The van der Waals surface area contributed by atoms with Gasteiger partial charge in [0.05, 0.1) is 6.10 Å². The minimum atomic E-state index is -0.153. The van der Waals surface area contributed by atoms with Crippen LogP contribution in [0.3, 0.4) is 0 Å². The third-order valence-corrected chi connectivity index (χ3v) is 1.49. The van der Waals surface area contributed by atoms with E-state index in [4.69, 9.17) is 5.11 Å². The third kappa shape index (κ3) is 1.46. The summed E-state index contributed by atoms with van der Waals surface area (Å²) in [6, 6.07) is 0.726. The van der Waals surface area contributed by atoms with Gasteiger partial charge in [0.1, 0.15) is 0 Å². The molecule has 0 radical (unpaired) electrons. The maximum atomic E-state index is 8.84. The van der Waals surface area contributed by atoms with Gasteiger partial charge in [-0.2, -0.15) is 0 Å². The Labute approximate surface area is 50.1 Å². The van der Waals surface area contributed by atoms with E-state index in [1.54, 1.807) is 0 Å². The summed E-state index contributed by atoms with van der Waals surface area (Å²) in [5.74, 6) is 0. The largest absolute Gasteiger partial charge is 0.392 e. The Morgan fingerprint density at radius 3 is 2.50 bits per heavy atom. The van der Waals surface area contributed by atoms with E-state index in [1.807, 2.05) is 6.92 Å². The number of β-amino-alcohol motifs (C(OH)–C–C–N with tert-alkyl or cyclic N) is 1. The summed E-state index contributed by atoms with van der Waals surface area (Å²) in [5, 5.41) is 8.84. The number of aliphatic hydroxyl groups excluding tert-OH is 1. The smallest absolute Gasteiger partial charge is 0.0639 e. The van der Waals surface area contributed by atoms with Gasteiger partial charge in [-0.3, -0.25) is 4.90 Å². The summed E-state index contributed by atoms with van der Waals surface area (Å²) in [5.41, 5.74) is 0. The fourth-order valence-electron chi connectivity index (χ4n) is 0.886. The van der Waals surface area contributed by atoms with Crippen molar-refractivity contribution in [2.75, 3.05) is 13.1 Å². The Hall–Kier alpha value is -0.0800. The highest BCUT2D eigenvalue weighted by Crippen LogP contribution is 2.15. The molecule has 1 heterocycles. The molecule has 1 saturated heterocycles. The van der Waals surface area contributed by atoms with E-state index >= 15 is 0 Å². The average molecular weight is 115 g/mol. The lowest BCUT2D eigenvalue weighted by Gasteiger charge is -2.02. The molecule has 3 atom stereocenters. The van der Waals surface area contributed by atoms with Gasteiger partial charge >= 0.3 is 0 Å². The molecule has 1 aliphatic heterocycles. The number of hydrogen-bond donors (Lipinski definition) is 1. The minimum absolute atomic E-state index is 0.153. The van der Waals surface area contributed by atoms with Crippen LogP contribution in [0.4, 0.5) is 0 Å². The molecule has 1 unspecified atom stereocenters. The number of hydrogen-bond acceptors (Lipinski definition) is 2. The summed E-state index contributed by atoms with van der Waals surface area (Å²) < 4.78 is 0. The summed E-state index contributed by atoms with van der Waals surface area (Å²) in [7, 11) is 0. The quantitative estimate of drug-likeness (QED) is 0.515. The van der Waals surface area contributed by atoms with E-state index in [0.717, 1.165) is 12.6 Å². The molecule has 2 heteroatoms. The van der Waals surface area contributed by atoms with Crippen LogP contribution in [0.15, 0.2) is 0 Å². The third-order valence-electron chi connectivity index (χ3n) is 1.49. The normalized spacial score (nSPS) is 39.4. The van der Waals surface area contributed by atoms with Crippen molar-refractivity contribution in [2.24, 2.45) is 0 Å². The van der Waals surface area contributed by atoms with Crippen LogP contribution in [-0.4, -0.2) is 35.2 Å². The average Bonchev–Trinajstić information content (AvgIpc) is 2.17. The molecule has 1 N–H and O–H groups in total. The van der Waals surface area contributed by atoms with Crippen molar-refractivity contribution >= 4 is 0 Å². The van der Waals surface area contributed by atoms with Gasteiger partial charge in [0.2, 0.25) is 0 Å². The van der Waals surface area contributed by atoms with E-state index in [2.05, 4.69) is 11.8 Å². The summed E-state index contributed by atoms with van der Waals surface area (Å²) >= 11 is 0. The fraction of sp³-hybridized carbons (Fsp3) is 1.00. The summed E-state index contributed by atoms with van der Waals surface area (Å²) in [4.78, 5) is 2.24. The maximum absolute atomic E-state index is 8.84. The second-order valence-corrected chi connectivity index (χ2v) is 2.65. The first-order valence-electron chi connectivity index (χ1n) is 3.12. The maximum Gasteiger partial charge on any atom is 0.0639 e. The first-order chi connectivity index (χ1) is 3.70. The van der Waals surface area contributed by atoms with Gasteiger partial charge < -0.3 is 5.11 Å². The van der Waals surface area contributed by atoms with Gasteiger partial charge in [0.25, 0.3) is 0 Å². The molecule has 0 spiro atoms. The lowest BCUT2D eigenvalue weighted by atomic mass is 10.4. The van der Waals surface area contributed by atoms with Crippen LogP contribution in [0.5, 0.6) is 0 Å². The molecule has 1 fully saturated rings. The standard InChI is InChI=1S/C6H13NO/c1-5-3-7(5)4-6(2)8/h5-6,8H,3-4H2,1-2H3/t5-,6-,7?/m1/s1. The molecular formula is C6H13NO. The zero-order valence-electron chi connectivity index (χ0n) is 5.46. The lowest BCUT2D eigenvalue weighted by molar-refractivity contribution is 0.170. The molecule has 0 aliphatic carbocycles. The second kappa shape index (κ2) is 2.03. The van der Waals surface area contributed by atoms with Crippen LogP contribution < -0.4 is 0 Å². The molecule has 0 aromatic carbocycles. The van der Waals surface area contributed by atoms with Crippen LogP contribution in [-0.2, 0) is 0 Å². The first-order valence-corrected chi connectivity index (χ1v) is 3.12. The Morgan fingerprint density at radius 1 is 1.88 bits per heavy atom. The zero-order valence-corrected chi connectivity index (χ0v) is 5.46. The van der Waals surface area contributed by atoms with Crippen molar-refractivity contribution in [1.82, 2.24) is 4.90 Å². The molecule has 1 aliphatic rings. The van der Waals surface area contributed by atoms with Gasteiger partial charge in [-0.25, -0.2) is 0 Å². The van der Waals surface area contributed by atoms with Crippen molar-refractivity contribution in [3.8, 4) is 0 Å². The topological polar surface area (TPSA) is 23.2 Å². The zero-order chi connectivity index (χ0) is 6.15. The van der Waals surface area contributed by atoms with Crippen LogP contribution in [0.25, 0.3) is 0 Å². The monoisotopic (exact) mass is 115 g/mol. The van der Waals surface area contributed by atoms with Crippen molar-refractivity contribution < 1.29 is 5.11 Å².